The van der Waals surface area contributed by atoms with Crippen molar-refractivity contribution in [3.63, 3.8) is 0 Å². The van der Waals surface area contributed by atoms with Gasteiger partial charge in [0.1, 0.15) is 11.5 Å². The highest BCUT2D eigenvalue weighted by atomic mass is 35.5. The summed E-state index contributed by atoms with van der Waals surface area (Å²) in [5.41, 5.74) is 2.50. The van der Waals surface area contributed by atoms with Crippen molar-refractivity contribution in [3.8, 4) is 0 Å². The molecule has 1 saturated heterocycles. The minimum absolute atomic E-state index is 0.0124. The minimum Gasteiger partial charge on any atom is -0.466 e. The van der Waals surface area contributed by atoms with Gasteiger partial charge in [0.25, 0.3) is 5.91 Å². The molecule has 1 fully saturated rings. The Balaban J connectivity index is 1.59. The molecule has 2 heterocycles. The first kappa shape index (κ1) is 18.5. The van der Waals surface area contributed by atoms with E-state index in [4.69, 9.17) is 16.0 Å². The smallest absolute Gasteiger partial charge is 0.257 e. The summed E-state index contributed by atoms with van der Waals surface area (Å²) in [7, 11) is 0. The lowest BCUT2D eigenvalue weighted by atomic mass is 10.1. The predicted molar refractivity (Wildman–Crippen MR) is 101 cm³/mol. The zero-order chi connectivity index (χ0) is 18.8. The molecule has 0 atom stereocenters. The minimum atomic E-state index is -0.0124. The highest BCUT2D eigenvalue weighted by Gasteiger charge is 2.28. The van der Waals surface area contributed by atoms with Gasteiger partial charge in [0.15, 0.2) is 0 Å². The molecule has 1 aromatic carbocycles. The number of halogens is 1. The van der Waals surface area contributed by atoms with E-state index in [-0.39, 0.29) is 11.8 Å². The van der Waals surface area contributed by atoms with Gasteiger partial charge in [-0.1, -0.05) is 23.7 Å². The molecular formula is C20H23ClN2O3. The van der Waals surface area contributed by atoms with Crippen molar-refractivity contribution in [2.75, 3.05) is 26.2 Å². The molecule has 0 saturated carbocycles. The Bertz CT molecular complexity index is 818. The highest BCUT2D eigenvalue weighted by molar-refractivity contribution is 6.30. The lowest BCUT2D eigenvalue weighted by Crippen LogP contribution is -2.51. The van der Waals surface area contributed by atoms with Gasteiger partial charge in [0.2, 0.25) is 5.91 Å². The number of carbonyl (C=O) groups excluding carboxylic acids is 2. The standard InChI is InChI=1S/C20H23ClN2O3/c1-13-14(2)26-15(3)19(13)20(25)23-10-8-22(9-11-23)18(24)12-16-4-6-17(21)7-5-16/h4-7H,8-12H2,1-3H3. The van der Waals surface area contributed by atoms with Crippen LogP contribution in [-0.2, 0) is 11.2 Å². The summed E-state index contributed by atoms with van der Waals surface area (Å²) in [5.74, 6) is 1.50. The molecule has 0 spiro atoms. The molecule has 6 heteroatoms. The zero-order valence-corrected chi connectivity index (χ0v) is 16.1. The number of rotatable bonds is 3. The van der Waals surface area contributed by atoms with Gasteiger partial charge in [-0.3, -0.25) is 9.59 Å². The van der Waals surface area contributed by atoms with Gasteiger partial charge in [0, 0.05) is 36.8 Å². The van der Waals surface area contributed by atoms with Crippen LogP contribution < -0.4 is 0 Å². The predicted octanol–water partition coefficient (Wildman–Crippen LogP) is 3.39. The first-order valence-corrected chi connectivity index (χ1v) is 9.12. The van der Waals surface area contributed by atoms with Gasteiger partial charge in [-0.25, -0.2) is 0 Å². The molecule has 0 N–H and O–H groups in total. The van der Waals surface area contributed by atoms with E-state index in [9.17, 15) is 9.59 Å². The van der Waals surface area contributed by atoms with E-state index in [1.165, 1.54) is 0 Å². The lowest BCUT2D eigenvalue weighted by Gasteiger charge is -2.35. The molecule has 5 nitrogen and oxygen atoms in total. The summed E-state index contributed by atoms with van der Waals surface area (Å²) in [6.45, 7) is 7.76. The molecular weight excluding hydrogens is 352 g/mol. The third-order valence-corrected chi connectivity index (χ3v) is 5.22. The number of benzene rings is 1. The van der Waals surface area contributed by atoms with Crippen molar-refractivity contribution in [1.29, 1.82) is 0 Å². The first-order valence-electron chi connectivity index (χ1n) is 8.75. The summed E-state index contributed by atoms with van der Waals surface area (Å²) in [5, 5.41) is 0.661. The Labute approximate surface area is 158 Å². The summed E-state index contributed by atoms with van der Waals surface area (Å²) in [4.78, 5) is 28.9. The molecule has 0 unspecified atom stereocenters. The normalized spacial score (nSPS) is 14.6. The molecule has 1 aliphatic heterocycles. The van der Waals surface area contributed by atoms with E-state index in [1.807, 2.05) is 37.8 Å². The van der Waals surface area contributed by atoms with Crippen LogP contribution in [0.15, 0.2) is 28.7 Å². The van der Waals surface area contributed by atoms with Gasteiger partial charge < -0.3 is 14.2 Å². The Hall–Kier alpha value is -2.27. The lowest BCUT2D eigenvalue weighted by molar-refractivity contribution is -0.131. The van der Waals surface area contributed by atoms with Crippen molar-refractivity contribution in [2.45, 2.75) is 27.2 Å². The van der Waals surface area contributed by atoms with Gasteiger partial charge in [-0.2, -0.15) is 0 Å². The zero-order valence-electron chi connectivity index (χ0n) is 15.3. The van der Waals surface area contributed by atoms with Crippen LogP contribution in [0.5, 0.6) is 0 Å². The van der Waals surface area contributed by atoms with Gasteiger partial charge in [-0.15, -0.1) is 0 Å². The van der Waals surface area contributed by atoms with Crippen LogP contribution in [0.1, 0.15) is 33.0 Å². The monoisotopic (exact) mass is 374 g/mol. The van der Waals surface area contributed by atoms with Crippen LogP contribution in [0, 0.1) is 20.8 Å². The maximum absolute atomic E-state index is 12.8. The van der Waals surface area contributed by atoms with Crippen LogP contribution in [0.25, 0.3) is 0 Å². The topological polar surface area (TPSA) is 53.8 Å². The Morgan fingerprint density at radius 2 is 1.54 bits per heavy atom. The van der Waals surface area contributed by atoms with E-state index in [1.54, 1.807) is 17.0 Å². The second kappa shape index (κ2) is 7.54. The molecule has 2 amide bonds. The van der Waals surface area contributed by atoms with E-state index < -0.39 is 0 Å². The number of nitrogens with zero attached hydrogens (tertiary/aromatic N) is 2. The second-order valence-electron chi connectivity index (χ2n) is 6.69. The van der Waals surface area contributed by atoms with Crippen LogP contribution in [0.2, 0.25) is 5.02 Å². The molecule has 0 radical (unpaired) electrons. The Morgan fingerprint density at radius 1 is 0.962 bits per heavy atom. The maximum Gasteiger partial charge on any atom is 0.257 e. The summed E-state index contributed by atoms with van der Waals surface area (Å²) < 4.78 is 5.57. The third kappa shape index (κ3) is 3.78. The number of furan rings is 1. The van der Waals surface area contributed by atoms with E-state index in [2.05, 4.69) is 0 Å². The number of aryl methyl sites for hydroxylation is 2. The van der Waals surface area contributed by atoms with Gasteiger partial charge >= 0.3 is 0 Å². The highest BCUT2D eigenvalue weighted by Crippen LogP contribution is 2.23. The second-order valence-corrected chi connectivity index (χ2v) is 7.13. The number of carbonyl (C=O) groups is 2. The molecule has 0 aliphatic carbocycles. The third-order valence-electron chi connectivity index (χ3n) is 4.96. The number of hydrogen-bond donors (Lipinski definition) is 0. The van der Waals surface area contributed by atoms with Crippen LogP contribution in [0.3, 0.4) is 0 Å². The fourth-order valence-electron chi connectivity index (χ4n) is 3.31. The Morgan fingerprint density at radius 3 is 2.08 bits per heavy atom. The van der Waals surface area contributed by atoms with Crippen molar-refractivity contribution in [1.82, 2.24) is 9.80 Å². The molecule has 3 rings (SSSR count). The van der Waals surface area contributed by atoms with E-state index >= 15 is 0 Å². The fraction of sp³-hybridized carbons (Fsp3) is 0.400. The molecule has 2 aromatic rings. The molecule has 1 aromatic heterocycles. The van der Waals surface area contributed by atoms with Crippen molar-refractivity contribution >= 4 is 23.4 Å². The van der Waals surface area contributed by atoms with E-state index in [0.717, 1.165) is 16.9 Å². The largest absolute Gasteiger partial charge is 0.466 e. The van der Waals surface area contributed by atoms with Crippen molar-refractivity contribution in [3.05, 3.63) is 57.5 Å². The van der Waals surface area contributed by atoms with Crippen molar-refractivity contribution in [2.24, 2.45) is 0 Å². The summed E-state index contributed by atoms with van der Waals surface area (Å²) in [6, 6.07) is 7.32. The molecule has 26 heavy (non-hydrogen) atoms. The number of hydrogen-bond acceptors (Lipinski definition) is 3. The van der Waals surface area contributed by atoms with Crippen LogP contribution >= 0.6 is 11.6 Å². The van der Waals surface area contributed by atoms with Crippen LogP contribution in [0.4, 0.5) is 0 Å². The molecule has 138 valence electrons. The van der Waals surface area contributed by atoms with E-state index in [0.29, 0.717) is 48.9 Å². The average Bonchev–Trinajstić information content (AvgIpc) is 2.88. The fourth-order valence-corrected chi connectivity index (χ4v) is 3.44. The number of piperazine rings is 1. The Kier molecular flexibility index (Phi) is 5.37. The molecule has 0 bridgehead atoms. The summed E-state index contributed by atoms with van der Waals surface area (Å²) in [6.07, 6.45) is 0.351. The van der Waals surface area contributed by atoms with Gasteiger partial charge in [-0.05, 0) is 38.5 Å². The SMILES string of the molecule is Cc1oc(C)c(C(=O)N2CCN(C(=O)Cc3ccc(Cl)cc3)CC2)c1C. The van der Waals surface area contributed by atoms with Gasteiger partial charge in [0.05, 0.1) is 12.0 Å². The maximum atomic E-state index is 12.8. The quantitative estimate of drug-likeness (QED) is 0.827. The average molecular weight is 375 g/mol. The van der Waals surface area contributed by atoms with Crippen LogP contribution in [-0.4, -0.2) is 47.8 Å². The summed E-state index contributed by atoms with van der Waals surface area (Å²) >= 11 is 5.88. The molecule has 1 aliphatic rings. The number of amides is 2. The van der Waals surface area contributed by atoms with Crippen molar-refractivity contribution < 1.29 is 14.0 Å². The first-order chi connectivity index (χ1) is 12.4.